The molecule has 1 N–H and O–H groups in total. The van der Waals surface area contributed by atoms with Crippen molar-refractivity contribution < 1.29 is 22.7 Å². The molecular weight excluding hydrogens is 350 g/mol. The molecule has 25 heavy (non-hydrogen) atoms. The number of nitrogens with one attached hydrogen (secondary N) is 1. The summed E-state index contributed by atoms with van der Waals surface area (Å²) in [6.45, 7) is 0.781. The lowest BCUT2D eigenvalue weighted by Gasteiger charge is -2.05. The molecule has 5 nitrogen and oxygen atoms in total. The van der Waals surface area contributed by atoms with E-state index < -0.39 is 6.61 Å². The van der Waals surface area contributed by atoms with Gasteiger partial charge in [-0.2, -0.15) is 8.78 Å². The van der Waals surface area contributed by atoms with Crippen molar-refractivity contribution in [3.63, 3.8) is 0 Å². The second-order valence-electron chi connectivity index (χ2n) is 5.21. The van der Waals surface area contributed by atoms with Crippen LogP contribution in [0, 0.1) is 13.8 Å². The van der Waals surface area contributed by atoms with Crippen molar-refractivity contribution in [1.29, 1.82) is 0 Å². The number of benzene rings is 1. The SMILES string of the molecule is Cc1ccoc1C(=O)Nc1nc(-c2ccc(OC(F)F)cc2)c(C)s1. The van der Waals surface area contributed by atoms with Crippen molar-refractivity contribution >= 4 is 22.4 Å². The van der Waals surface area contributed by atoms with E-state index in [-0.39, 0.29) is 17.4 Å². The zero-order valence-corrected chi connectivity index (χ0v) is 14.2. The molecule has 0 fully saturated rings. The number of furan rings is 1. The average Bonchev–Trinajstić information content (AvgIpc) is 3.13. The van der Waals surface area contributed by atoms with E-state index in [0.29, 0.717) is 10.8 Å². The maximum absolute atomic E-state index is 12.2. The van der Waals surface area contributed by atoms with E-state index in [9.17, 15) is 13.6 Å². The Morgan fingerprint density at radius 1 is 1.24 bits per heavy atom. The highest BCUT2D eigenvalue weighted by atomic mass is 32.1. The highest BCUT2D eigenvalue weighted by Crippen LogP contribution is 2.31. The molecule has 0 spiro atoms. The highest BCUT2D eigenvalue weighted by molar-refractivity contribution is 7.16. The third-order valence-corrected chi connectivity index (χ3v) is 4.32. The van der Waals surface area contributed by atoms with Gasteiger partial charge in [-0.05, 0) is 44.2 Å². The Kier molecular flexibility index (Phi) is 4.80. The van der Waals surface area contributed by atoms with Crippen LogP contribution in [0.1, 0.15) is 21.0 Å². The average molecular weight is 364 g/mol. The van der Waals surface area contributed by atoms with E-state index in [0.717, 1.165) is 16.0 Å². The number of anilines is 1. The van der Waals surface area contributed by atoms with E-state index in [1.807, 2.05) is 6.92 Å². The lowest BCUT2D eigenvalue weighted by molar-refractivity contribution is -0.0498. The molecule has 0 bridgehead atoms. The summed E-state index contributed by atoms with van der Waals surface area (Å²) in [5.41, 5.74) is 2.14. The van der Waals surface area contributed by atoms with E-state index in [1.165, 1.54) is 29.7 Å². The van der Waals surface area contributed by atoms with Gasteiger partial charge < -0.3 is 9.15 Å². The third-order valence-electron chi connectivity index (χ3n) is 3.44. The van der Waals surface area contributed by atoms with Gasteiger partial charge >= 0.3 is 6.61 Å². The Morgan fingerprint density at radius 3 is 2.56 bits per heavy atom. The van der Waals surface area contributed by atoms with Gasteiger partial charge in [0.25, 0.3) is 5.91 Å². The van der Waals surface area contributed by atoms with E-state index in [4.69, 9.17) is 4.42 Å². The van der Waals surface area contributed by atoms with Crippen LogP contribution < -0.4 is 10.1 Å². The molecule has 0 saturated heterocycles. The molecule has 0 radical (unpaired) electrons. The van der Waals surface area contributed by atoms with Crippen molar-refractivity contribution in [2.24, 2.45) is 0 Å². The molecule has 0 atom stereocenters. The van der Waals surface area contributed by atoms with E-state index in [2.05, 4.69) is 15.0 Å². The number of thiazole rings is 1. The molecule has 8 heteroatoms. The van der Waals surface area contributed by atoms with Gasteiger partial charge in [-0.1, -0.05) is 0 Å². The summed E-state index contributed by atoms with van der Waals surface area (Å²) in [4.78, 5) is 17.5. The van der Waals surface area contributed by atoms with Crippen LogP contribution in [-0.2, 0) is 0 Å². The number of amides is 1. The zero-order valence-electron chi connectivity index (χ0n) is 13.4. The van der Waals surface area contributed by atoms with Gasteiger partial charge in [-0.15, -0.1) is 11.3 Å². The molecular formula is C17H14F2N2O3S. The number of nitrogens with zero attached hydrogens (tertiary/aromatic N) is 1. The fraction of sp³-hybridized carbons (Fsp3) is 0.176. The Bertz CT molecular complexity index is 888. The first kappa shape index (κ1) is 17.1. The molecule has 0 unspecified atom stereocenters. The number of ether oxygens (including phenoxy) is 1. The van der Waals surface area contributed by atoms with Crippen molar-refractivity contribution in [1.82, 2.24) is 4.98 Å². The number of aromatic nitrogens is 1. The first-order valence-corrected chi connectivity index (χ1v) is 8.14. The number of hydrogen-bond acceptors (Lipinski definition) is 5. The van der Waals surface area contributed by atoms with Gasteiger partial charge in [0.1, 0.15) is 5.75 Å². The summed E-state index contributed by atoms with van der Waals surface area (Å²) in [6.07, 6.45) is 1.45. The quantitative estimate of drug-likeness (QED) is 0.701. The molecule has 3 aromatic rings. The van der Waals surface area contributed by atoms with Gasteiger partial charge in [-0.25, -0.2) is 4.98 Å². The standard InChI is InChI=1S/C17H14F2N2O3S/c1-9-7-8-23-14(9)15(22)21-17-20-13(10(2)25-17)11-3-5-12(6-4-11)24-16(18)19/h3-8,16H,1-2H3,(H,20,21,22). The number of aryl methyl sites for hydroxylation is 2. The maximum atomic E-state index is 12.2. The number of alkyl halides is 2. The monoisotopic (exact) mass is 364 g/mol. The summed E-state index contributed by atoms with van der Waals surface area (Å²) in [5.74, 6) is -0.0557. The third kappa shape index (κ3) is 3.85. The van der Waals surface area contributed by atoms with Gasteiger partial charge in [0.2, 0.25) is 0 Å². The Balaban J connectivity index is 1.78. The Labute approximate surface area is 146 Å². The lowest BCUT2D eigenvalue weighted by Crippen LogP contribution is -2.11. The fourth-order valence-corrected chi connectivity index (χ4v) is 3.10. The van der Waals surface area contributed by atoms with Crippen LogP contribution >= 0.6 is 11.3 Å². The summed E-state index contributed by atoms with van der Waals surface area (Å²) in [7, 11) is 0. The van der Waals surface area contributed by atoms with Crippen molar-refractivity contribution in [3.05, 3.63) is 52.8 Å². The number of carbonyl (C=O) groups excluding carboxylic acids is 1. The summed E-state index contributed by atoms with van der Waals surface area (Å²) in [6, 6.07) is 7.88. The van der Waals surface area contributed by atoms with Gasteiger partial charge in [-0.3, -0.25) is 10.1 Å². The number of hydrogen-bond donors (Lipinski definition) is 1. The molecule has 0 aliphatic heterocycles. The van der Waals surface area contributed by atoms with Gasteiger partial charge in [0.15, 0.2) is 10.9 Å². The van der Waals surface area contributed by atoms with E-state index in [1.54, 1.807) is 25.1 Å². The summed E-state index contributed by atoms with van der Waals surface area (Å²) in [5, 5.41) is 3.14. The van der Waals surface area contributed by atoms with Crippen molar-refractivity contribution in [3.8, 4) is 17.0 Å². The molecule has 1 amide bonds. The predicted octanol–water partition coefficient (Wildman–Crippen LogP) is 4.87. The highest BCUT2D eigenvalue weighted by Gasteiger charge is 2.17. The van der Waals surface area contributed by atoms with Crippen LogP contribution in [0.4, 0.5) is 13.9 Å². The van der Waals surface area contributed by atoms with Crippen LogP contribution in [0.3, 0.4) is 0 Å². The normalized spacial score (nSPS) is 10.9. The molecule has 3 rings (SSSR count). The van der Waals surface area contributed by atoms with Crippen LogP contribution in [0.25, 0.3) is 11.3 Å². The summed E-state index contributed by atoms with van der Waals surface area (Å²) < 4.78 is 33.9. The molecule has 0 aliphatic rings. The van der Waals surface area contributed by atoms with Gasteiger partial charge in [0.05, 0.1) is 12.0 Å². The number of rotatable bonds is 5. The lowest BCUT2D eigenvalue weighted by atomic mass is 10.1. The fourth-order valence-electron chi connectivity index (χ4n) is 2.27. The van der Waals surface area contributed by atoms with E-state index >= 15 is 0 Å². The van der Waals surface area contributed by atoms with Crippen molar-refractivity contribution in [2.75, 3.05) is 5.32 Å². The minimum absolute atomic E-state index is 0.0773. The Morgan fingerprint density at radius 2 is 1.96 bits per heavy atom. The minimum Gasteiger partial charge on any atom is -0.459 e. The molecule has 0 saturated carbocycles. The molecule has 0 aliphatic carbocycles. The minimum atomic E-state index is -2.86. The summed E-state index contributed by atoms with van der Waals surface area (Å²) >= 11 is 1.32. The first-order chi connectivity index (χ1) is 11.9. The topological polar surface area (TPSA) is 64.4 Å². The molecule has 1 aromatic carbocycles. The van der Waals surface area contributed by atoms with Crippen LogP contribution in [0.2, 0.25) is 0 Å². The largest absolute Gasteiger partial charge is 0.459 e. The second kappa shape index (κ2) is 7.02. The maximum Gasteiger partial charge on any atom is 0.387 e. The Hall–Kier alpha value is -2.74. The van der Waals surface area contributed by atoms with Gasteiger partial charge in [0, 0.05) is 16.0 Å². The first-order valence-electron chi connectivity index (χ1n) is 7.32. The predicted molar refractivity (Wildman–Crippen MR) is 90.3 cm³/mol. The van der Waals surface area contributed by atoms with Crippen LogP contribution in [0.5, 0.6) is 5.75 Å². The van der Waals surface area contributed by atoms with Crippen molar-refractivity contribution in [2.45, 2.75) is 20.5 Å². The molecule has 2 aromatic heterocycles. The zero-order chi connectivity index (χ0) is 18.0. The second-order valence-corrected chi connectivity index (χ2v) is 6.42. The smallest absolute Gasteiger partial charge is 0.387 e. The van der Waals surface area contributed by atoms with Crippen LogP contribution in [-0.4, -0.2) is 17.5 Å². The number of carbonyl (C=O) groups is 1. The molecule has 130 valence electrons. The molecule has 2 heterocycles. The van der Waals surface area contributed by atoms with Crippen LogP contribution in [0.15, 0.2) is 41.0 Å². The number of halogens is 2.